The molecule has 0 spiro atoms. The zero-order valence-corrected chi connectivity index (χ0v) is 17.6. The van der Waals surface area contributed by atoms with Crippen molar-refractivity contribution in [3.8, 4) is 43.7 Å². The Labute approximate surface area is 182 Å². The van der Waals surface area contributed by atoms with Crippen molar-refractivity contribution in [2.24, 2.45) is 0 Å². The van der Waals surface area contributed by atoms with Gasteiger partial charge in [-0.3, -0.25) is 0 Å². The van der Waals surface area contributed by atoms with Gasteiger partial charge in [-0.25, -0.2) is 9.97 Å². The Bertz CT molecular complexity index is 1200. The minimum atomic E-state index is 0.753. The molecule has 146 valence electrons. The Balaban J connectivity index is 1.44. The van der Waals surface area contributed by atoms with E-state index in [0.29, 0.717) is 0 Å². The van der Waals surface area contributed by atoms with Gasteiger partial charge >= 0.3 is 0 Å². The van der Waals surface area contributed by atoms with Crippen molar-refractivity contribution >= 4 is 34.0 Å². The number of nitrogens with zero attached hydrogens (tertiary/aromatic N) is 2. The molecule has 0 saturated carbocycles. The molecule has 5 aromatic rings. The smallest absolute Gasteiger partial charge is 0.124 e. The van der Waals surface area contributed by atoms with Crippen molar-refractivity contribution < 1.29 is 0 Å². The van der Waals surface area contributed by atoms with Gasteiger partial charge in [0.25, 0.3) is 0 Å². The van der Waals surface area contributed by atoms with Crippen molar-refractivity contribution in [1.29, 1.82) is 0 Å². The summed E-state index contributed by atoms with van der Waals surface area (Å²) in [5.41, 5.74) is 19.3. The van der Waals surface area contributed by atoms with Crippen LogP contribution in [0, 0.1) is 0 Å². The highest BCUT2D eigenvalue weighted by Gasteiger charge is 2.11. The van der Waals surface area contributed by atoms with Crippen molar-refractivity contribution in [3.63, 3.8) is 0 Å². The van der Waals surface area contributed by atoms with Gasteiger partial charge in [0.05, 0.1) is 11.4 Å². The molecule has 3 aromatic carbocycles. The highest BCUT2D eigenvalue weighted by molar-refractivity contribution is 7.14. The van der Waals surface area contributed by atoms with E-state index in [9.17, 15) is 0 Å². The van der Waals surface area contributed by atoms with Crippen LogP contribution in [0.5, 0.6) is 0 Å². The van der Waals surface area contributed by atoms with Gasteiger partial charge in [0, 0.05) is 44.4 Å². The first kappa shape index (κ1) is 18.5. The monoisotopic (exact) mass is 426 g/mol. The van der Waals surface area contributed by atoms with E-state index in [4.69, 9.17) is 21.4 Å². The first-order valence-electron chi connectivity index (χ1n) is 9.39. The number of nitrogens with two attached hydrogens (primary N) is 2. The predicted octanol–water partition coefficient (Wildman–Crippen LogP) is 6.43. The maximum atomic E-state index is 5.79. The third kappa shape index (κ3) is 3.70. The molecule has 4 N–H and O–H groups in total. The summed E-state index contributed by atoms with van der Waals surface area (Å²) in [4.78, 5) is 9.65. The second-order valence-corrected chi connectivity index (χ2v) is 8.62. The summed E-state index contributed by atoms with van der Waals surface area (Å²) in [6, 6.07) is 24.0. The second-order valence-electron chi connectivity index (χ2n) is 6.90. The van der Waals surface area contributed by atoms with E-state index in [-0.39, 0.29) is 0 Å². The Morgan fingerprint density at radius 1 is 0.533 bits per heavy atom. The van der Waals surface area contributed by atoms with E-state index in [0.717, 1.165) is 55.0 Å². The van der Waals surface area contributed by atoms with Gasteiger partial charge < -0.3 is 11.5 Å². The Morgan fingerprint density at radius 3 is 1.40 bits per heavy atom. The lowest BCUT2D eigenvalue weighted by molar-refractivity contribution is 1.39. The lowest BCUT2D eigenvalue weighted by Crippen LogP contribution is -1.85. The van der Waals surface area contributed by atoms with Gasteiger partial charge in [-0.15, -0.1) is 22.7 Å². The third-order valence-corrected chi connectivity index (χ3v) is 6.56. The van der Waals surface area contributed by atoms with Crippen molar-refractivity contribution in [2.45, 2.75) is 0 Å². The lowest BCUT2D eigenvalue weighted by Gasteiger charge is -2.01. The molecule has 0 atom stereocenters. The van der Waals surface area contributed by atoms with Crippen LogP contribution in [-0.2, 0) is 0 Å². The predicted molar refractivity (Wildman–Crippen MR) is 128 cm³/mol. The summed E-state index contributed by atoms with van der Waals surface area (Å²) in [5, 5.41) is 6.13. The number of aromatic nitrogens is 2. The van der Waals surface area contributed by atoms with Gasteiger partial charge in [0.2, 0.25) is 0 Å². The van der Waals surface area contributed by atoms with E-state index in [1.807, 2.05) is 48.5 Å². The Morgan fingerprint density at radius 2 is 0.967 bits per heavy atom. The maximum Gasteiger partial charge on any atom is 0.124 e. The van der Waals surface area contributed by atoms with Crippen LogP contribution in [0.15, 0.2) is 83.6 Å². The molecule has 0 fully saturated rings. The van der Waals surface area contributed by atoms with E-state index in [1.165, 1.54) is 0 Å². The van der Waals surface area contributed by atoms with Gasteiger partial charge in [0.1, 0.15) is 10.0 Å². The van der Waals surface area contributed by atoms with Gasteiger partial charge in [-0.1, -0.05) is 42.5 Å². The number of benzene rings is 3. The molecule has 6 heteroatoms. The molecule has 0 bridgehead atoms. The highest BCUT2D eigenvalue weighted by atomic mass is 32.1. The first-order valence-corrected chi connectivity index (χ1v) is 11.2. The third-order valence-electron chi connectivity index (χ3n) is 4.78. The fourth-order valence-electron chi connectivity index (χ4n) is 3.17. The molecule has 0 radical (unpaired) electrons. The van der Waals surface area contributed by atoms with Crippen LogP contribution in [0.2, 0.25) is 0 Å². The minimum absolute atomic E-state index is 0.753. The molecule has 0 saturated heterocycles. The van der Waals surface area contributed by atoms with Crippen molar-refractivity contribution in [3.05, 3.63) is 83.6 Å². The zero-order chi connectivity index (χ0) is 20.5. The van der Waals surface area contributed by atoms with Crippen LogP contribution in [0.1, 0.15) is 0 Å². The van der Waals surface area contributed by atoms with Crippen LogP contribution in [-0.4, -0.2) is 9.97 Å². The molecular formula is C24H18N4S2. The highest BCUT2D eigenvalue weighted by Crippen LogP contribution is 2.34. The maximum absolute atomic E-state index is 5.79. The summed E-state index contributed by atoms with van der Waals surface area (Å²) in [6.45, 7) is 0. The number of anilines is 2. The largest absolute Gasteiger partial charge is 0.399 e. The van der Waals surface area contributed by atoms with Gasteiger partial charge in [0.15, 0.2) is 0 Å². The van der Waals surface area contributed by atoms with Crippen LogP contribution in [0.4, 0.5) is 11.4 Å². The second kappa shape index (κ2) is 7.74. The summed E-state index contributed by atoms with van der Waals surface area (Å²) in [7, 11) is 0. The number of hydrogen-bond acceptors (Lipinski definition) is 6. The molecule has 30 heavy (non-hydrogen) atoms. The first-order chi connectivity index (χ1) is 14.7. The van der Waals surface area contributed by atoms with Crippen LogP contribution < -0.4 is 11.5 Å². The zero-order valence-electron chi connectivity index (χ0n) is 15.9. The number of rotatable bonds is 4. The lowest BCUT2D eigenvalue weighted by atomic mass is 10.1. The van der Waals surface area contributed by atoms with Gasteiger partial charge in [-0.05, 0) is 30.3 Å². The summed E-state index contributed by atoms with van der Waals surface area (Å²) in [6.07, 6.45) is 0. The number of hydrogen-bond donors (Lipinski definition) is 2. The SMILES string of the molecule is Nc1ccc(-c2csc(-c3cccc(-c4nc(-c5ccc(N)cc5)cs4)c3)n2)cc1. The molecule has 0 aliphatic rings. The molecule has 0 aliphatic heterocycles. The molecule has 5 rings (SSSR count). The number of nitrogen functional groups attached to an aromatic ring is 2. The fraction of sp³-hybridized carbons (Fsp3) is 0. The molecule has 2 heterocycles. The normalized spacial score (nSPS) is 10.9. The fourth-order valence-corrected chi connectivity index (χ4v) is 4.82. The standard InChI is InChI=1S/C24H18N4S2/c25-19-8-4-15(5-9-19)21-13-29-23(27-21)17-2-1-3-18(12-17)24-28-22(14-30-24)16-6-10-20(26)11-7-16/h1-14H,25-26H2. The van der Waals surface area contributed by atoms with Gasteiger partial charge in [-0.2, -0.15) is 0 Å². The molecule has 0 amide bonds. The number of thiazole rings is 2. The summed E-state index contributed by atoms with van der Waals surface area (Å²) in [5.74, 6) is 0. The van der Waals surface area contributed by atoms with Crippen molar-refractivity contribution in [1.82, 2.24) is 9.97 Å². The van der Waals surface area contributed by atoms with Crippen LogP contribution in [0.3, 0.4) is 0 Å². The molecule has 0 unspecified atom stereocenters. The summed E-state index contributed by atoms with van der Waals surface area (Å²) >= 11 is 3.28. The Hall–Kier alpha value is -3.48. The topological polar surface area (TPSA) is 77.8 Å². The average Bonchev–Trinajstić information content (AvgIpc) is 3.45. The average molecular weight is 427 g/mol. The van der Waals surface area contributed by atoms with Crippen LogP contribution in [0.25, 0.3) is 43.7 Å². The molecule has 4 nitrogen and oxygen atoms in total. The van der Waals surface area contributed by atoms with Crippen LogP contribution >= 0.6 is 22.7 Å². The van der Waals surface area contributed by atoms with E-state index < -0.39 is 0 Å². The van der Waals surface area contributed by atoms with Crippen molar-refractivity contribution in [2.75, 3.05) is 11.5 Å². The summed E-state index contributed by atoms with van der Waals surface area (Å²) < 4.78 is 0. The molecule has 0 aliphatic carbocycles. The van der Waals surface area contributed by atoms with E-state index >= 15 is 0 Å². The molecule has 2 aromatic heterocycles. The van der Waals surface area contributed by atoms with E-state index in [1.54, 1.807) is 22.7 Å². The quantitative estimate of drug-likeness (QED) is 0.325. The minimum Gasteiger partial charge on any atom is -0.399 e. The van der Waals surface area contributed by atoms with E-state index in [2.05, 4.69) is 35.0 Å². The molecular weight excluding hydrogens is 408 g/mol. The Kier molecular flexibility index (Phi) is 4.78.